The number of aromatic nitrogens is 2. The second-order valence-electron chi connectivity index (χ2n) is 10.4. The highest BCUT2D eigenvalue weighted by Crippen LogP contribution is 2.41. The van der Waals surface area contributed by atoms with Crippen molar-refractivity contribution >= 4 is 23.1 Å². The normalized spacial score (nSPS) is 28.2. The quantitative estimate of drug-likeness (QED) is 0.789. The minimum atomic E-state index is -0.0270. The van der Waals surface area contributed by atoms with E-state index in [2.05, 4.69) is 51.4 Å². The Bertz CT molecular complexity index is 986. The third-order valence-electron chi connectivity index (χ3n) is 8.21. The number of likely N-dealkylation sites (tertiary alicyclic amines) is 1. The molecule has 3 fully saturated rings. The Morgan fingerprint density at radius 2 is 1.66 bits per heavy atom. The van der Waals surface area contributed by atoms with Crippen molar-refractivity contribution < 1.29 is 4.79 Å². The van der Waals surface area contributed by atoms with Crippen molar-refractivity contribution in [3.8, 4) is 0 Å². The summed E-state index contributed by atoms with van der Waals surface area (Å²) in [6.07, 6.45) is 8.13. The van der Waals surface area contributed by atoms with Crippen LogP contribution in [0.4, 0.5) is 17.3 Å². The van der Waals surface area contributed by atoms with E-state index in [9.17, 15) is 4.79 Å². The lowest BCUT2D eigenvalue weighted by Crippen LogP contribution is -2.27. The molecule has 0 radical (unpaired) electrons. The molecule has 2 aromatic rings. The first-order chi connectivity index (χ1) is 15.6. The van der Waals surface area contributed by atoms with E-state index in [0.29, 0.717) is 24.1 Å². The van der Waals surface area contributed by atoms with Gasteiger partial charge in [0, 0.05) is 50.2 Å². The third kappa shape index (κ3) is 3.68. The molecule has 32 heavy (non-hydrogen) atoms. The molecule has 3 heterocycles. The van der Waals surface area contributed by atoms with Crippen molar-refractivity contribution in [3.63, 3.8) is 0 Å². The Balaban J connectivity index is 1.17. The first-order valence-corrected chi connectivity index (χ1v) is 12.3. The highest BCUT2D eigenvalue weighted by Gasteiger charge is 2.39. The van der Waals surface area contributed by atoms with Gasteiger partial charge in [-0.1, -0.05) is 12.8 Å². The van der Waals surface area contributed by atoms with Crippen LogP contribution in [0.1, 0.15) is 49.3 Å². The van der Waals surface area contributed by atoms with Crippen molar-refractivity contribution in [3.05, 3.63) is 41.7 Å². The topological polar surface area (TPSA) is 61.4 Å². The first kappa shape index (κ1) is 20.2. The first-order valence-electron chi connectivity index (χ1n) is 12.3. The number of ketones is 1. The molecule has 6 heteroatoms. The summed E-state index contributed by atoms with van der Waals surface area (Å²) in [5.74, 6) is 3.02. The second-order valence-corrected chi connectivity index (χ2v) is 10.4. The lowest BCUT2D eigenvalue weighted by molar-refractivity contribution is -0.122. The number of hydrogen-bond acceptors (Lipinski definition) is 6. The summed E-state index contributed by atoms with van der Waals surface area (Å²) in [7, 11) is 2.23. The lowest BCUT2D eigenvalue weighted by atomic mass is 9.77. The maximum atomic E-state index is 12.8. The molecule has 1 aromatic heterocycles. The molecule has 1 N–H and O–H groups in total. The zero-order valence-corrected chi connectivity index (χ0v) is 19.0. The monoisotopic (exact) mass is 431 g/mol. The Hall–Kier alpha value is -2.47. The Morgan fingerprint density at radius 1 is 0.938 bits per heavy atom. The molecule has 0 amide bonds. The number of carbonyl (C=O) groups is 1. The van der Waals surface area contributed by atoms with Gasteiger partial charge in [0.25, 0.3) is 0 Å². The fourth-order valence-corrected chi connectivity index (χ4v) is 6.61. The fraction of sp³-hybridized carbons (Fsp3) is 0.577. The number of nitrogens with one attached hydrogen (secondary N) is 1. The number of hydrogen-bond donors (Lipinski definition) is 1. The van der Waals surface area contributed by atoms with E-state index in [4.69, 9.17) is 4.98 Å². The second kappa shape index (κ2) is 8.14. The van der Waals surface area contributed by atoms with Crippen LogP contribution in [-0.2, 0) is 11.2 Å². The van der Waals surface area contributed by atoms with Gasteiger partial charge < -0.3 is 15.1 Å². The van der Waals surface area contributed by atoms with Gasteiger partial charge in [-0.25, -0.2) is 9.97 Å². The van der Waals surface area contributed by atoms with Crippen LogP contribution in [0.15, 0.2) is 30.5 Å². The van der Waals surface area contributed by atoms with Crippen LogP contribution in [0.5, 0.6) is 0 Å². The number of fused-ring (bicyclic) bond motifs is 2. The van der Waals surface area contributed by atoms with Gasteiger partial charge >= 0.3 is 0 Å². The minimum Gasteiger partial charge on any atom is -0.371 e. The van der Waals surface area contributed by atoms with E-state index in [1.165, 1.54) is 31.6 Å². The van der Waals surface area contributed by atoms with E-state index in [1.54, 1.807) is 0 Å². The Morgan fingerprint density at radius 3 is 2.38 bits per heavy atom. The van der Waals surface area contributed by atoms with Gasteiger partial charge in [0.2, 0.25) is 5.95 Å². The van der Waals surface area contributed by atoms with Crippen LogP contribution in [0.25, 0.3) is 0 Å². The van der Waals surface area contributed by atoms with Gasteiger partial charge in [0.05, 0.1) is 11.6 Å². The van der Waals surface area contributed by atoms with Crippen LogP contribution < -0.4 is 10.2 Å². The Labute approximate surface area is 190 Å². The highest BCUT2D eigenvalue weighted by atomic mass is 16.1. The van der Waals surface area contributed by atoms with E-state index in [-0.39, 0.29) is 5.92 Å². The third-order valence-corrected chi connectivity index (χ3v) is 8.21. The van der Waals surface area contributed by atoms with Crippen molar-refractivity contribution in [1.82, 2.24) is 14.9 Å². The molecule has 2 saturated heterocycles. The predicted molar refractivity (Wildman–Crippen MR) is 126 cm³/mol. The van der Waals surface area contributed by atoms with Gasteiger partial charge in [0.1, 0.15) is 5.78 Å². The predicted octanol–water partition coefficient (Wildman–Crippen LogP) is 4.01. The number of benzene rings is 1. The number of Topliss-reactive ketones (excluding diaryl/α,β-unsaturated/α-hetero) is 1. The zero-order chi connectivity index (χ0) is 21.7. The number of rotatable bonds is 4. The molecule has 0 bridgehead atoms. The Kier molecular flexibility index (Phi) is 5.13. The summed E-state index contributed by atoms with van der Waals surface area (Å²) >= 11 is 0. The smallest absolute Gasteiger partial charge is 0.227 e. The lowest BCUT2D eigenvalue weighted by Gasteiger charge is -2.28. The number of carbonyl (C=O) groups excluding carboxylic acids is 1. The summed E-state index contributed by atoms with van der Waals surface area (Å²) in [5.41, 5.74) is 4.43. The van der Waals surface area contributed by atoms with Crippen LogP contribution in [-0.4, -0.2) is 53.9 Å². The van der Waals surface area contributed by atoms with Crippen LogP contribution in [0.2, 0.25) is 0 Å². The van der Waals surface area contributed by atoms with Gasteiger partial charge in [0.15, 0.2) is 0 Å². The number of nitrogens with zero attached hydrogens (tertiary/aromatic N) is 4. The molecule has 2 aliphatic heterocycles. The van der Waals surface area contributed by atoms with Gasteiger partial charge in [-0.3, -0.25) is 4.79 Å². The van der Waals surface area contributed by atoms with Crippen LogP contribution in [0, 0.1) is 17.8 Å². The average Bonchev–Trinajstić information content (AvgIpc) is 3.51. The molecule has 3 atom stereocenters. The van der Waals surface area contributed by atoms with Crippen LogP contribution >= 0.6 is 0 Å². The average molecular weight is 432 g/mol. The van der Waals surface area contributed by atoms with E-state index in [0.717, 1.165) is 61.1 Å². The summed E-state index contributed by atoms with van der Waals surface area (Å²) < 4.78 is 0. The summed E-state index contributed by atoms with van der Waals surface area (Å²) in [6, 6.07) is 8.66. The van der Waals surface area contributed by atoms with E-state index < -0.39 is 0 Å². The molecule has 4 aliphatic rings. The van der Waals surface area contributed by atoms with Gasteiger partial charge in [-0.05, 0) is 73.9 Å². The summed E-state index contributed by atoms with van der Waals surface area (Å²) in [4.78, 5) is 27.2. The molecule has 1 saturated carbocycles. The molecular weight excluding hydrogens is 398 g/mol. The SMILES string of the molecule is CN1CC2CN(c3ccc(Nc4ncc5c(n4)C(C4CCCC4)C(=O)CC5)cc3)CC2C1. The van der Waals surface area contributed by atoms with Crippen molar-refractivity contribution in [2.45, 2.75) is 44.4 Å². The molecule has 1 aromatic carbocycles. The molecule has 6 nitrogen and oxygen atoms in total. The maximum Gasteiger partial charge on any atom is 0.227 e. The van der Waals surface area contributed by atoms with Gasteiger partial charge in [-0.15, -0.1) is 0 Å². The number of aryl methyl sites for hydroxylation is 1. The molecule has 0 spiro atoms. The standard InChI is InChI=1S/C26H33N5O/c1-30-13-19-15-31(16-20(19)14-30)22-9-7-21(8-10-22)28-26-27-12-18-6-11-23(32)24(25(18)29-26)17-4-2-3-5-17/h7-10,12,17,19-20,24H,2-6,11,13-16H2,1H3,(H,27,28,29). The van der Waals surface area contributed by atoms with Crippen LogP contribution in [0.3, 0.4) is 0 Å². The van der Waals surface area contributed by atoms with Gasteiger partial charge in [-0.2, -0.15) is 0 Å². The fourth-order valence-electron chi connectivity index (χ4n) is 6.61. The zero-order valence-electron chi connectivity index (χ0n) is 19.0. The largest absolute Gasteiger partial charge is 0.371 e. The highest BCUT2D eigenvalue weighted by molar-refractivity contribution is 5.88. The van der Waals surface area contributed by atoms with E-state index >= 15 is 0 Å². The molecule has 3 unspecified atom stereocenters. The molecule has 2 aliphatic carbocycles. The molecule has 6 rings (SSSR count). The maximum absolute atomic E-state index is 12.8. The minimum absolute atomic E-state index is 0.0270. The molecular formula is C26H33N5O. The van der Waals surface area contributed by atoms with Crippen molar-refractivity contribution in [2.24, 2.45) is 17.8 Å². The summed E-state index contributed by atoms with van der Waals surface area (Å²) in [5, 5.41) is 3.38. The van der Waals surface area contributed by atoms with Crippen molar-refractivity contribution in [2.75, 3.05) is 43.4 Å². The summed E-state index contributed by atoms with van der Waals surface area (Å²) in [6.45, 7) is 4.76. The number of anilines is 3. The van der Waals surface area contributed by atoms with E-state index in [1.807, 2.05) is 6.20 Å². The molecule has 168 valence electrons. The van der Waals surface area contributed by atoms with Crippen molar-refractivity contribution in [1.29, 1.82) is 0 Å².